The lowest BCUT2D eigenvalue weighted by atomic mass is 10.2. The van der Waals surface area contributed by atoms with Crippen LogP contribution in [0.1, 0.15) is 11.3 Å². The van der Waals surface area contributed by atoms with Gasteiger partial charge in [-0.15, -0.1) is 0 Å². The Morgan fingerprint density at radius 1 is 1.24 bits per heavy atom. The number of H-pyrrole nitrogens is 1. The van der Waals surface area contributed by atoms with E-state index < -0.39 is 0 Å². The lowest BCUT2D eigenvalue weighted by Crippen LogP contribution is -2.32. The van der Waals surface area contributed by atoms with Crippen molar-refractivity contribution in [3.05, 3.63) is 39.9 Å². The Balaban J connectivity index is 1.88. The van der Waals surface area contributed by atoms with Gasteiger partial charge in [0.25, 0.3) is 5.56 Å². The van der Waals surface area contributed by atoms with Gasteiger partial charge in [-0.05, 0) is 26.0 Å². The summed E-state index contributed by atoms with van der Waals surface area (Å²) in [6.07, 6.45) is 1.78. The van der Waals surface area contributed by atoms with Crippen molar-refractivity contribution >= 4 is 17.6 Å². The van der Waals surface area contributed by atoms with Crippen LogP contribution in [-0.2, 0) is 0 Å². The molecule has 0 aliphatic carbocycles. The van der Waals surface area contributed by atoms with Crippen LogP contribution < -0.4 is 10.5 Å². The second-order valence-electron chi connectivity index (χ2n) is 5.13. The highest BCUT2D eigenvalue weighted by atomic mass is 32.2. The van der Waals surface area contributed by atoms with Crippen molar-refractivity contribution < 1.29 is 0 Å². The minimum absolute atomic E-state index is 0.0883. The molecular formula is C15H18N4OS. The summed E-state index contributed by atoms with van der Waals surface area (Å²) in [6.45, 7) is 5.70. The van der Waals surface area contributed by atoms with E-state index in [-0.39, 0.29) is 5.56 Å². The van der Waals surface area contributed by atoms with Crippen LogP contribution in [0.25, 0.3) is 11.4 Å². The van der Waals surface area contributed by atoms with Gasteiger partial charge in [-0.2, -0.15) is 11.8 Å². The fraction of sp³-hybridized carbons (Fsp3) is 0.400. The summed E-state index contributed by atoms with van der Waals surface area (Å²) < 4.78 is 0. The lowest BCUT2D eigenvalue weighted by Gasteiger charge is -2.27. The maximum atomic E-state index is 11.8. The third-order valence-corrected chi connectivity index (χ3v) is 4.69. The van der Waals surface area contributed by atoms with Crippen molar-refractivity contribution in [3.8, 4) is 11.4 Å². The molecule has 0 spiro atoms. The molecule has 1 N–H and O–H groups in total. The van der Waals surface area contributed by atoms with Gasteiger partial charge >= 0.3 is 0 Å². The Bertz CT molecular complexity index is 690. The van der Waals surface area contributed by atoms with Gasteiger partial charge in [0.2, 0.25) is 0 Å². The Hall–Kier alpha value is -1.82. The van der Waals surface area contributed by atoms with Crippen LogP contribution in [0.3, 0.4) is 0 Å². The second-order valence-corrected chi connectivity index (χ2v) is 6.35. The van der Waals surface area contributed by atoms with Gasteiger partial charge in [0.05, 0.1) is 0 Å². The van der Waals surface area contributed by atoms with Crippen molar-refractivity contribution in [2.24, 2.45) is 0 Å². The number of nitrogens with one attached hydrogen (secondary N) is 1. The first-order valence-electron chi connectivity index (χ1n) is 7.02. The third kappa shape index (κ3) is 2.95. The van der Waals surface area contributed by atoms with Crippen molar-refractivity contribution in [2.75, 3.05) is 29.5 Å². The van der Waals surface area contributed by atoms with E-state index in [4.69, 9.17) is 0 Å². The predicted octanol–water partition coefficient (Wildman–Crippen LogP) is 2.00. The molecule has 3 heterocycles. The summed E-state index contributed by atoms with van der Waals surface area (Å²) in [5.74, 6) is 3.87. The van der Waals surface area contributed by atoms with E-state index in [2.05, 4.69) is 19.9 Å². The SMILES string of the molecule is Cc1nc(-c2ccc(N3CCSCC3)nc2)[nH]c(=O)c1C. The van der Waals surface area contributed by atoms with Gasteiger partial charge in [-0.25, -0.2) is 9.97 Å². The molecule has 0 amide bonds. The third-order valence-electron chi connectivity index (χ3n) is 3.75. The molecule has 6 heteroatoms. The molecule has 21 heavy (non-hydrogen) atoms. The van der Waals surface area contributed by atoms with Crippen molar-refractivity contribution in [1.82, 2.24) is 15.0 Å². The van der Waals surface area contributed by atoms with E-state index in [1.807, 2.05) is 30.8 Å². The number of anilines is 1. The molecule has 0 bridgehead atoms. The van der Waals surface area contributed by atoms with Crippen LogP contribution in [0.15, 0.2) is 23.1 Å². The Kier molecular flexibility index (Phi) is 3.96. The number of thioether (sulfide) groups is 1. The first kappa shape index (κ1) is 14.1. The standard InChI is InChI=1S/C15H18N4OS/c1-10-11(2)17-14(18-15(10)20)12-3-4-13(16-9-12)19-5-7-21-8-6-19/h3-4,9H,5-8H2,1-2H3,(H,17,18,20). The van der Waals surface area contributed by atoms with E-state index in [9.17, 15) is 4.79 Å². The van der Waals surface area contributed by atoms with E-state index >= 15 is 0 Å². The van der Waals surface area contributed by atoms with Gasteiger partial charge in [-0.3, -0.25) is 4.79 Å². The summed E-state index contributed by atoms with van der Waals surface area (Å²) in [7, 11) is 0. The first-order valence-corrected chi connectivity index (χ1v) is 8.17. The maximum Gasteiger partial charge on any atom is 0.254 e. The van der Waals surface area contributed by atoms with Crippen LogP contribution in [0.5, 0.6) is 0 Å². The minimum Gasteiger partial charge on any atom is -0.355 e. The van der Waals surface area contributed by atoms with E-state index in [0.29, 0.717) is 11.4 Å². The molecule has 2 aromatic rings. The summed E-state index contributed by atoms with van der Waals surface area (Å²) in [4.78, 5) is 25.9. The summed E-state index contributed by atoms with van der Waals surface area (Å²) >= 11 is 1.98. The van der Waals surface area contributed by atoms with E-state index in [0.717, 1.165) is 41.7 Å². The van der Waals surface area contributed by atoms with Gasteiger partial charge in [0.1, 0.15) is 11.6 Å². The molecule has 2 aromatic heterocycles. The predicted molar refractivity (Wildman–Crippen MR) is 87.1 cm³/mol. The summed E-state index contributed by atoms with van der Waals surface area (Å²) in [5.41, 5.74) is 2.17. The fourth-order valence-corrected chi connectivity index (χ4v) is 3.19. The maximum absolute atomic E-state index is 11.8. The van der Waals surface area contributed by atoms with Crippen molar-refractivity contribution in [1.29, 1.82) is 0 Å². The highest BCUT2D eigenvalue weighted by molar-refractivity contribution is 7.99. The van der Waals surface area contributed by atoms with Crippen LogP contribution in [-0.4, -0.2) is 39.5 Å². The average Bonchev–Trinajstić information content (AvgIpc) is 2.53. The quantitative estimate of drug-likeness (QED) is 0.919. The van der Waals surface area contributed by atoms with Crippen LogP contribution in [0.2, 0.25) is 0 Å². The summed E-state index contributed by atoms with van der Waals surface area (Å²) in [6, 6.07) is 3.97. The number of aromatic nitrogens is 3. The monoisotopic (exact) mass is 302 g/mol. The van der Waals surface area contributed by atoms with Crippen molar-refractivity contribution in [2.45, 2.75) is 13.8 Å². The molecular weight excluding hydrogens is 284 g/mol. The topological polar surface area (TPSA) is 61.9 Å². The van der Waals surface area contributed by atoms with Gasteiger partial charge in [-0.1, -0.05) is 0 Å². The zero-order chi connectivity index (χ0) is 14.8. The lowest BCUT2D eigenvalue weighted by molar-refractivity contribution is 0.839. The molecule has 1 saturated heterocycles. The molecule has 0 unspecified atom stereocenters. The summed E-state index contributed by atoms with van der Waals surface area (Å²) in [5, 5.41) is 0. The number of rotatable bonds is 2. The average molecular weight is 302 g/mol. The zero-order valence-electron chi connectivity index (χ0n) is 12.2. The minimum atomic E-state index is -0.0883. The van der Waals surface area contributed by atoms with Gasteiger partial charge in [0, 0.05) is 47.6 Å². The normalized spacial score (nSPS) is 15.2. The van der Waals surface area contributed by atoms with Crippen LogP contribution in [0, 0.1) is 13.8 Å². The zero-order valence-corrected chi connectivity index (χ0v) is 13.0. The second kappa shape index (κ2) is 5.89. The molecule has 1 aliphatic heterocycles. The fourth-order valence-electron chi connectivity index (χ4n) is 2.29. The van der Waals surface area contributed by atoms with Gasteiger partial charge in [0.15, 0.2) is 0 Å². The number of aryl methyl sites for hydroxylation is 1. The Morgan fingerprint density at radius 3 is 2.62 bits per heavy atom. The molecule has 0 radical (unpaired) electrons. The Morgan fingerprint density at radius 2 is 2.00 bits per heavy atom. The largest absolute Gasteiger partial charge is 0.355 e. The number of nitrogens with zero attached hydrogens (tertiary/aromatic N) is 3. The molecule has 0 saturated carbocycles. The number of pyridine rings is 1. The number of aromatic amines is 1. The first-order chi connectivity index (χ1) is 10.1. The number of hydrogen-bond acceptors (Lipinski definition) is 5. The molecule has 1 aliphatic rings. The molecule has 0 atom stereocenters. The van der Waals surface area contributed by atoms with Crippen LogP contribution in [0.4, 0.5) is 5.82 Å². The highest BCUT2D eigenvalue weighted by Gasteiger charge is 2.13. The smallest absolute Gasteiger partial charge is 0.254 e. The van der Waals surface area contributed by atoms with Crippen molar-refractivity contribution in [3.63, 3.8) is 0 Å². The molecule has 110 valence electrons. The van der Waals surface area contributed by atoms with E-state index in [1.165, 1.54) is 0 Å². The van der Waals surface area contributed by atoms with E-state index in [1.54, 1.807) is 13.1 Å². The molecule has 5 nitrogen and oxygen atoms in total. The van der Waals surface area contributed by atoms with Gasteiger partial charge < -0.3 is 9.88 Å². The number of hydrogen-bond donors (Lipinski definition) is 1. The molecule has 1 fully saturated rings. The van der Waals surface area contributed by atoms with Crippen LogP contribution >= 0.6 is 11.8 Å². The molecule has 3 rings (SSSR count). The molecule has 0 aromatic carbocycles. The Labute approximate surface area is 127 Å². The highest BCUT2D eigenvalue weighted by Crippen LogP contribution is 2.20.